The van der Waals surface area contributed by atoms with E-state index in [1.807, 2.05) is 0 Å². The van der Waals surface area contributed by atoms with E-state index < -0.39 is 0 Å². The molecule has 0 saturated carbocycles. The van der Waals surface area contributed by atoms with E-state index in [1.54, 1.807) is 0 Å². The monoisotopic (exact) mass is 266 g/mol. The molecule has 0 saturated heterocycles. The number of rotatable bonds is 5. The van der Waals surface area contributed by atoms with Crippen molar-refractivity contribution >= 4 is 0 Å². The van der Waals surface area contributed by atoms with Crippen molar-refractivity contribution in [3.05, 3.63) is 70.3 Å². The number of benzene rings is 2. The van der Waals surface area contributed by atoms with Crippen molar-refractivity contribution in [2.75, 3.05) is 0 Å². The predicted octanol–water partition coefficient (Wildman–Crippen LogP) is 5.53. The quantitative estimate of drug-likeness (QED) is 0.668. The highest BCUT2D eigenvalue weighted by Gasteiger charge is 2.12. The molecule has 0 nitrogen and oxygen atoms in total. The zero-order valence-electron chi connectivity index (χ0n) is 13.2. The Balaban J connectivity index is 2.37. The Labute approximate surface area is 123 Å². The summed E-state index contributed by atoms with van der Waals surface area (Å²) in [6, 6.07) is 16.1. The molecule has 0 amide bonds. The maximum absolute atomic E-state index is 2.40. The average Bonchev–Trinajstić information content (AvgIpc) is 2.53. The standard InChI is InChI=1S/C20H26/c1-5-16-8-12-19(13-9-16)15(4)20-14-17(6-2)10-11-18(20)7-3/h8-15H,5-7H2,1-4H3. The Morgan fingerprint density at radius 2 is 1.35 bits per heavy atom. The van der Waals surface area contributed by atoms with Crippen LogP contribution in [0.4, 0.5) is 0 Å². The van der Waals surface area contributed by atoms with Crippen molar-refractivity contribution in [2.24, 2.45) is 0 Å². The van der Waals surface area contributed by atoms with Gasteiger partial charge < -0.3 is 0 Å². The van der Waals surface area contributed by atoms with Crippen LogP contribution in [-0.2, 0) is 19.3 Å². The van der Waals surface area contributed by atoms with Gasteiger partial charge in [0.2, 0.25) is 0 Å². The molecule has 1 unspecified atom stereocenters. The van der Waals surface area contributed by atoms with Gasteiger partial charge in [0, 0.05) is 5.92 Å². The summed E-state index contributed by atoms with van der Waals surface area (Å²) in [6.45, 7) is 9.01. The minimum absolute atomic E-state index is 0.474. The molecule has 106 valence electrons. The molecule has 0 heterocycles. The van der Waals surface area contributed by atoms with Crippen molar-refractivity contribution in [1.82, 2.24) is 0 Å². The van der Waals surface area contributed by atoms with E-state index in [0.29, 0.717) is 5.92 Å². The van der Waals surface area contributed by atoms with E-state index in [0.717, 1.165) is 19.3 Å². The maximum Gasteiger partial charge on any atom is 0.00638 e. The summed E-state index contributed by atoms with van der Waals surface area (Å²) in [5.41, 5.74) is 7.25. The Morgan fingerprint density at radius 1 is 0.750 bits per heavy atom. The van der Waals surface area contributed by atoms with Gasteiger partial charge in [-0.1, -0.05) is 70.2 Å². The SMILES string of the molecule is CCc1ccc(C(C)c2cc(CC)ccc2CC)cc1. The third-order valence-corrected chi connectivity index (χ3v) is 4.35. The highest BCUT2D eigenvalue weighted by molar-refractivity contribution is 5.40. The first kappa shape index (κ1) is 14.8. The molecule has 0 heteroatoms. The van der Waals surface area contributed by atoms with Crippen LogP contribution in [0.25, 0.3) is 0 Å². The molecule has 0 aromatic heterocycles. The minimum atomic E-state index is 0.474. The van der Waals surface area contributed by atoms with Gasteiger partial charge >= 0.3 is 0 Å². The van der Waals surface area contributed by atoms with Gasteiger partial charge in [0.1, 0.15) is 0 Å². The van der Waals surface area contributed by atoms with Gasteiger partial charge in [-0.05, 0) is 47.1 Å². The fourth-order valence-corrected chi connectivity index (χ4v) is 2.81. The van der Waals surface area contributed by atoms with Crippen LogP contribution < -0.4 is 0 Å². The fourth-order valence-electron chi connectivity index (χ4n) is 2.81. The normalized spacial score (nSPS) is 12.4. The highest BCUT2D eigenvalue weighted by Crippen LogP contribution is 2.28. The Bertz CT molecular complexity index is 549. The van der Waals surface area contributed by atoms with E-state index in [1.165, 1.54) is 27.8 Å². The third-order valence-electron chi connectivity index (χ3n) is 4.35. The second-order valence-electron chi connectivity index (χ2n) is 5.56. The maximum atomic E-state index is 2.40. The second-order valence-corrected chi connectivity index (χ2v) is 5.56. The first-order valence-electron chi connectivity index (χ1n) is 7.90. The largest absolute Gasteiger partial charge is 0.0613 e. The molecule has 0 aliphatic heterocycles. The zero-order valence-corrected chi connectivity index (χ0v) is 13.2. The molecule has 0 radical (unpaired) electrons. The van der Waals surface area contributed by atoms with E-state index in [2.05, 4.69) is 70.2 Å². The lowest BCUT2D eigenvalue weighted by Crippen LogP contribution is -2.02. The van der Waals surface area contributed by atoms with E-state index in [9.17, 15) is 0 Å². The molecule has 0 aliphatic rings. The van der Waals surface area contributed by atoms with Gasteiger partial charge in [0.25, 0.3) is 0 Å². The molecule has 0 bridgehead atoms. The molecule has 0 N–H and O–H groups in total. The van der Waals surface area contributed by atoms with Crippen LogP contribution in [0.15, 0.2) is 42.5 Å². The van der Waals surface area contributed by atoms with E-state index in [4.69, 9.17) is 0 Å². The van der Waals surface area contributed by atoms with Crippen LogP contribution in [0.5, 0.6) is 0 Å². The lowest BCUT2D eigenvalue weighted by atomic mass is 9.87. The van der Waals surface area contributed by atoms with Crippen LogP contribution in [0.1, 0.15) is 61.4 Å². The molecule has 2 aromatic rings. The lowest BCUT2D eigenvalue weighted by molar-refractivity contribution is 0.885. The molecule has 1 atom stereocenters. The fraction of sp³-hybridized carbons (Fsp3) is 0.400. The Morgan fingerprint density at radius 3 is 1.90 bits per heavy atom. The molecule has 20 heavy (non-hydrogen) atoms. The van der Waals surface area contributed by atoms with Crippen molar-refractivity contribution in [2.45, 2.75) is 52.9 Å². The van der Waals surface area contributed by atoms with Crippen LogP contribution in [0.3, 0.4) is 0 Å². The van der Waals surface area contributed by atoms with Gasteiger partial charge in [-0.2, -0.15) is 0 Å². The number of hydrogen-bond donors (Lipinski definition) is 0. The molecule has 0 fully saturated rings. The first-order valence-corrected chi connectivity index (χ1v) is 7.90. The third kappa shape index (κ3) is 3.12. The second kappa shape index (κ2) is 6.74. The minimum Gasteiger partial charge on any atom is -0.0613 e. The number of hydrogen-bond acceptors (Lipinski definition) is 0. The van der Waals surface area contributed by atoms with E-state index in [-0.39, 0.29) is 0 Å². The molecule has 0 aliphatic carbocycles. The molecule has 2 rings (SSSR count). The van der Waals surface area contributed by atoms with Crippen molar-refractivity contribution in [3.8, 4) is 0 Å². The van der Waals surface area contributed by atoms with Crippen molar-refractivity contribution < 1.29 is 0 Å². The Hall–Kier alpha value is -1.56. The summed E-state index contributed by atoms with van der Waals surface area (Å²) in [5, 5.41) is 0. The first-order chi connectivity index (χ1) is 9.69. The average molecular weight is 266 g/mol. The van der Waals surface area contributed by atoms with Gasteiger partial charge in [0.05, 0.1) is 0 Å². The molecule has 0 spiro atoms. The van der Waals surface area contributed by atoms with Gasteiger partial charge in [-0.3, -0.25) is 0 Å². The topological polar surface area (TPSA) is 0 Å². The summed E-state index contributed by atoms with van der Waals surface area (Å²) in [7, 11) is 0. The summed E-state index contributed by atoms with van der Waals surface area (Å²) >= 11 is 0. The number of aryl methyl sites for hydroxylation is 3. The summed E-state index contributed by atoms with van der Waals surface area (Å²) in [6.07, 6.45) is 3.33. The van der Waals surface area contributed by atoms with Crippen LogP contribution in [0.2, 0.25) is 0 Å². The zero-order chi connectivity index (χ0) is 14.5. The van der Waals surface area contributed by atoms with Crippen LogP contribution in [0, 0.1) is 0 Å². The van der Waals surface area contributed by atoms with E-state index >= 15 is 0 Å². The summed E-state index contributed by atoms with van der Waals surface area (Å²) in [4.78, 5) is 0. The van der Waals surface area contributed by atoms with Crippen LogP contribution in [-0.4, -0.2) is 0 Å². The molecular formula is C20H26. The predicted molar refractivity (Wildman–Crippen MR) is 88.5 cm³/mol. The summed E-state index contributed by atoms with van der Waals surface area (Å²) in [5.74, 6) is 0.474. The van der Waals surface area contributed by atoms with Crippen molar-refractivity contribution in [3.63, 3.8) is 0 Å². The van der Waals surface area contributed by atoms with Gasteiger partial charge in [-0.15, -0.1) is 0 Å². The van der Waals surface area contributed by atoms with Crippen LogP contribution >= 0.6 is 0 Å². The van der Waals surface area contributed by atoms with Gasteiger partial charge in [0.15, 0.2) is 0 Å². The summed E-state index contributed by atoms with van der Waals surface area (Å²) < 4.78 is 0. The van der Waals surface area contributed by atoms with Crippen molar-refractivity contribution in [1.29, 1.82) is 0 Å². The Kier molecular flexibility index (Phi) is 5.00. The lowest BCUT2D eigenvalue weighted by Gasteiger charge is -2.18. The molecule has 2 aromatic carbocycles. The highest BCUT2D eigenvalue weighted by atomic mass is 14.2. The smallest absolute Gasteiger partial charge is 0.00638 e. The van der Waals surface area contributed by atoms with Gasteiger partial charge in [-0.25, -0.2) is 0 Å². The molecular weight excluding hydrogens is 240 g/mol.